The minimum absolute atomic E-state index is 0.108. The molecule has 14 heavy (non-hydrogen) atoms. The number of allylic oxidation sites excluding steroid dienone is 1. The number of hydrogen-bond acceptors (Lipinski definition) is 2. The van der Waals surface area contributed by atoms with Crippen LogP contribution in [0.3, 0.4) is 0 Å². The van der Waals surface area contributed by atoms with Crippen LogP contribution in [-0.4, -0.2) is 5.78 Å². The van der Waals surface area contributed by atoms with E-state index in [1.54, 1.807) is 24.3 Å². The third-order valence-corrected chi connectivity index (χ3v) is 2.14. The number of hydrogen-bond donors (Lipinski definition) is 1. The number of nitrogens with two attached hydrogens (primary N) is 1. The zero-order chi connectivity index (χ0) is 10.6. The van der Waals surface area contributed by atoms with Gasteiger partial charge in [0.05, 0.1) is 0 Å². The fourth-order valence-electron chi connectivity index (χ4n) is 1.12. The first kappa shape index (κ1) is 10.5. The number of Topliss-reactive ketones (excluding diaryl/α,β-unsaturated/α-hetero) is 1. The van der Waals surface area contributed by atoms with E-state index >= 15 is 0 Å². The van der Waals surface area contributed by atoms with Crippen molar-refractivity contribution in [3.05, 3.63) is 42.0 Å². The van der Waals surface area contributed by atoms with Gasteiger partial charge in [-0.05, 0) is 30.7 Å². The summed E-state index contributed by atoms with van der Waals surface area (Å²) in [6, 6.07) is 6.98. The van der Waals surface area contributed by atoms with Gasteiger partial charge >= 0.3 is 0 Å². The van der Waals surface area contributed by atoms with Gasteiger partial charge in [-0.15, -0.1) is 0 Å². The van der Waals surface area contributed by atoms with Crippen molar-refractivity contribution >= 4 is 11.5 Å². The molecule has 0 aliphatic rings. The van der Waals surface area contributed by atoms with Crippen LogP contribution in [0.1, 0.15) is 30.1 Å². The molecule has 0 bridgehead atoms. The van der Waals surface area contributed by atoms with Crippen molar-refractivity contribution in [2.24, 2.45) is 0 Å². The van der Waals surface area contributed by atoms with Crippen LogP contribution in [0.2, 0.25) is 0 Å². The average Bonchev–Trinajstić information content (AvgIpc) is 2.18. The molecule has 0 saturated heterocycles. The lowest BCUT2D eigenvalue weighted by molar-refractivity contribution is 0.0992. The fourth-order valence-corrected chi connectivity index (χ4v) is 1.12. The Labute approximate surface area is 84.4 Å². The van der Waals surface area contributed by atoms with Crippen molar-refractivity contribution in [2.45, 2.75) is 19.8 Å². The van der Waals surface area contributed by atoms with Gasteiger partial charge in [-0.25, -0.2) is 0 Å². The van der Waals surface area contributed by atoms with Crippen LogP contribution in [0.5, 0.6) is 0 Å². The summed E-state index contributed by atoms with van der Waals surface area (Å²) in [7, 11) is 0. The summed E-state index contributed by atoms with van der Waals surface area (Å²) in [5, 5.41) is 0. The van der Waals surface area contributed by atoms with Crippen molar-refractivity contribution in [3.63, 3.8) is 0 Å². The first-order valence-corrected chi connectivity index (χ1v) is 4.69. The summed E-state index contributed by atoms with van der Waals surface area (Å²) < 4.78 is 0. The van der Waals surface area contributed by atoms with Crippen LogP contribution in [0.4, 0.5) is 5.69 Å². The Morgan fingerprint density at radius 1 is 1.36 bits per heavy atom. The fraction of sp³-hybridized carbons (Fsp3) is 0.250. The summed E-state index contributed by atoms with van der Waals surface area (Å²) in [4.78, 5) is 11.6. The van der Waals surface area contributed by atoms with Crippen LogP contribution in [0.25, 0.3) is 0 Å². The Balaban J connectivity index is 2.70. The number of nitrogen functional groups attached to an aromatic ring is 1. The Kier molecular flexibility index (Phi) is 3.46. The number of benzene rings is 1. The maximum Gasteiger partial charge on any atom is 0.166 e. The van der Waals surface area contributed by atoms with Gasteiger partial charge in [-0.1, -0.05) is 19.1 Å². The smallest absolute Gasteiger partial charge is 0.166 e. The zero-order valence-electron chi connectivity index (χ0n) is 8.42. The lowest BCUT2D eigenvalue weighted by Gasteiger charge is -2.02. The van der Waals surface area contributed by atoms with Gasteiger partial charge in [-0.3, -0.25) is 4.79 Å². The van der Waals surface area contributed by atoms with E-state index in [1.807, 2.05) is 6.92 Å². The Hall–Kier alpha value is -1.57. The van der Waals surface area contributed by atoms with Gasteiger partial charge in [0.15, 0.2) is 5.78 Å². The molecule has 0 amide bonds. The lowest BCUT2D eigenvalue weighted by atomic mass is 10.0. The van der Waals surface area contributed by atoms with Crippen molar-refractivity contribution in [1.82, 2.24) is 0 Å². The minimum atomic E-state index is 0.108. The van der Waals surface area contributed by atoms with Crippen LogP contribution in [0.15, 0.2) is 36.4 Å². The number of ketones is 1. The molecular formula is C12H15NO. The van der Waals surface area contributed by atoms with E-state index in [4.69, 9.17) is 5.73 Å². The van der Waals surface area contributed by atoms with Crippen molar-refractivity contribution in [3.8, 4) is 0 Å². The first-order chi connectivity index (χ1) is 6.63. The molecule has 74 valence electrons. The van der Waals surface area contributed by atoms with Crippen molar-refractivity contribution in [1.29, 1.82) is 0 Å². The normalized spacial score (nSPS) is 9.79. The molecule has 0 aliphatic carbocycles. The highest BCUT2D eigenvalue weighted by atomic mass is 16.1. The molecule has 0 atom stereocenters. The van der Waals surface area contributed by atoms with Crippen LogP contribution >= 0.6 is 0 Å². The first-order valence-electron chi connectivity index (χ1n) is 4.69. The topological polar surface area (TPSA) is 43.1 Å². The van der Waals surface area contributed by atoms with Crippen molar-refractivity contribution in [2.75, 3.05) is 5.73 Å². The zero-order valence-corrected chi connectivity index (χ0v) is 8.42. The van der Waals surface area contributed by atoms with Gasteiger partial charge in [0.1, 0.15) is 0 Å². The molecule has 1 rings (SSSR count). The van der Waals surface area contributed by atoms with Crippen LogP contribution < -0.4 is 5.73 Å². The molecule has 0 spiro atoms. The van der Waals surface area contributed by atoms with E-state index in [-0.39, 0.29) is 5.78 Å². The predicted octanol–water partition coefficient (Wildman–Crippen LogP) is 2.81. The van der Waals surface area contributed by atoms with E-state index in [9.17, 15) is 4.79 Å². The molecule has 2 heteroatoms. The second-order valence-electron chi connectivity index (χ2n) is 3.33. The molecule has 0 radical (unpaired) electrons. The number of carbonyl (C=O) groups is 1. The third-order valence-electron chi connectivity index (χ3n) is 2.14. The van der Waals surface area contributed by atoms with Gasteiger partial charge in [0, 0.05) is 17.7 Å². The van der Waals surface area contributed by atoms with Crippen LogP contribution in [0, 0.1) is 0 Å². The molecule has 2 nitrogen and oxygen atoms in total. The highest BCUT2D eigenvalue weighted by molar-refractivity contribution is 5.97. The van der Waals surface area contributed by atoms with Gasteiger partial charge in [-0.2, -0.15) is 0 Å². The highest BCUT2D eigenvalue weighted by Crippen LogP contribution is 2.12. The second kappa shape index (κ2) is 4.61. The summed E-state index contributed by atoms with van der Waals surface area (Å²) in [6.07, 6.45) is 1.28. The maximum atomic E-state index is 11.6. The predicted molar refractivity (Wildman–Crippen MR) is 59.2 cm³/mol. The standard InChI is InChI=1S/C12H15NO/c1-3-9(2)8-12(14)10-4-6-11(13)7-5-10/h4-7H,2-3,8,13H2,1H3. The van der Waals surface area contributed by atoms with Gasteiger partial charge < -0.3 is 5.73 Å². The molecule has 1 aromatic rings. The third kappa shape index (κ3) is 2.73. The summed E-state index contributed by atoms with van der Waals surface area (Å²) >= 11 is 0. The molecule has 0 saturated carbocycles. The quantitative estimate of drug-likeness (QED) is 0.449. The van der Waals surface area contributed by atoms with Crippen LogP contribution in [-0.2, 0) is 0 Å². The molecule has 0 heterocycles. The molecular weight excluding hydrogens is 174 g/mol. The van der Waals surface area contributed by atoms with E-state index < -0.39 is 0 Å². The van der Waals surface area contributed by atoms with E-state index in [0.717, 1.165) is 12.0 Å². The molecule has 2 N–H and O–H groups in total. The largest absolute Gasteiger partial charge is 0.399 e. The van der Waals surface area contributed by atoms with E-state index in [2.05, 4.69) is 6.58 Å². The lowest BCUT2D eigenvalue weighted by Crippen LogP contribution is -2.00. The molecule has 0 unspecified atom stereocenters. The summed E-state index contributed by atoms with van der Waals surface area (Å²) in [5.74, 6) is 0.108. The average molecular weight is 189 g/mol. The monoisotopic (exact) mass is 189 g/mol. The number of anilines is 1. The van der Waals surface area contributed by atoms with Gasteiger partial charge in [0.25, 0.3) is 0 Å². The maximum absolute atomic E-state index is 11.6. The SMILES string of the molecule is C=C(CC)CC(=O)c1ccc(N)cc1. The highest BCUT2D eigenvalue weighted by Gasteiger charge is 2.05. The minimum Gasteiger partial charge on any atom is -0.399 e. The van der Waals surface area contributed by atoms with Gasteiger partial charge in [0.2, 0.25) is 0 Å². The molecule has 0 fully saturated rings. The summed E-state index contributed by atoms with van der Waals surface area (Å²) in [6.45, 7) is 5.81. The number of rotatable bonds is 4. The Morgan fingerprint density at radius 2 is 1.93 bits per heavy atom. The Bertz CT molecular complexity index is 338. The molecule has 0 aromatic heterocycles. The van der Waals surface area contributed by atoms with E-state index in [1.165, 1.54) is 0 Å². The molecule has 0 aliphatic heterocycles. The number of carbonyl (C=O) groups excluding carboxylic acids is 1. The second-order valence-corrected chi connectivity index (χ2v) is 3.33. The van der Waals surface area contributed by atoms with E-state index in [0.29, 0.717) is 17.7 Å². The summed E-state index contributed by atoms with van der Waals surface area (Å²) in [5.41, 5.74) is 7.87. The van der Waals surface area contributed by atoms with Crippen molar-refractivity contribution < 1.29 is 4.79 Å². The Morgan fingerprint density at radius 3 is 2.43 bits per heavy atom. The molecule has 1 aromatic carbocycles.